The second-order valence-electron chi connectivity index (χ2n) is 8.51. The fraction of sp³-hybridized carbons (Fsp3) is 0.600. The number of carbonyl (C=O) groups is 1. The summed E-state index contributed by atoms with van der Waals surface area (Å²) in [5, 5.41) is 13.7. The molecule has 4 rings (SSSR count). The molecule has 0 radical (unpaired) electrons. The minimum atomic E-state index is -3.38. The first-order valence-corrected chi connectivity index (χ1v) is 12.1. The first-order valence-electron chi connectivity index (χ1n) is 10.2. The minimum Gasteiger partial charge on any atom is -0.390 e. The standard InChI is InChI=1S/C20H29N5O4S/c1-14-21-16-11-15(5-6-17(16)23(14)2)22-19(27)13-24-10-8-20(18(26)12-24)7-4-9-25(20)30(3,28)29/h5-6,11,18,26H,4,7-10,12-13H2,1-3H3,(H,22,27)/t18-,20-/m0/s1. The summed E-state index contributed by atoms with van der Waals surface area (Å²) in [6.45, 7) is 3.37. The molecule has 10 heteroatoms. The molecule has 0 unspecified atom stereocenters. The van der Waals surface area contributed by atoms with E-state index in [1.54, 1.807) is 0 Å². The molecule has 1 spiro atoms. The lowest BCUT2D eigenvalue weighted by Crippen LogP contribution is -2.63. The van der Waals surface area contributed by atoms with Crippen molar-refractivity contribution in [3.8, 4) is 0 Å². The molecule has 2 N–H and O–H groups in total. The van der Waals surface area contributed by atoms with Crippen LogP contribution >= 0.6 is 0 Å². The van der Waals surface area contributed by atoms with Crippen molar-refractivity contribution in [3.05, 3.63) is 24.0 Å². The summed E-state index contributed by atoms with van der Waals surface area (Å²) >= 11 is 0. The van der Waals surface area contributed by atoms with Gasteiger partial charge in [-0.1, -0.05) is 0 Å². The van der Waals surface area contributed by atoms with Crippen LogP contribution in [0.3, 0.4) is 0 Å². The fourth-order valence-corrected chi connectivity index (χ4v) is 6.35. The lowest BCUT2D eigenvalue weighted by molar-refractivity contribution is -0.119. The first kappa shape index (κ1) is 21.2. The number of benzene rings is 1. The Bertz CT molecular complexity index is 1080. The number of hydrogen-bond donors (Lipinski definition) is 2. The van der Waals surface area contributed by atoms with Gasteiger partial charge >= 0.3 is 0 Å². The maximum Gasteiger partial charge on any atom is 0.238 e. The summed E-state index contributed by atoms with van der Waals surface area (Å²) in [7, 11) is -1.43. The third kappa shape index (κ3) is 3.73. The number of nitrogens with zero attached hydrogens (tertiary/aromatic N) is 4. The number of rotatable bonds is 4. The number of amides is 1. The van der Waals surface area contributed by atoms with Crippen LogP contribution in [-0.2, 0) is 21.9 Å². The van der Waals surface area contributed by atoms with Crippen LogP contribution in [0.2, 0.25) is 0 Å². The van der Waals surface area contributed by atoms with Crippen molar-refractivity contribution in [2.24, 2.45) is 7.05 Å². The lowest BCUT2D eigenvalue weighted by Gasteiger charge is -2.47. The number of nitrogens with one attached hydrogen (secondary N) is 1. The fourth-order valence-electron chi connectivity index (χ4n) is 4.92. The van der Waals surface area contributed by atoms with Gasteiger partial charge in [0.05, 0.1) is 35.5 Å². The Balaban J connectivity index is 1.39. The molecule has 2 atom stereocenters. The smallest absolute Gasteiger partial charge is 0.238 e. The number of carbonyl (C=O) groups excluding carboxylic acids is 1. The third-order valence-corrected chi connectivity index (χ3v) is 7.88. The van der Waals surface area contributed by atoms with E-state index in [1.165, 1.54) is 10.6 Å². The van der Waals surface area contributed by atoms with Gasteiger partial charge in [0.2, 0.25) is 15.9 Å². The molecule has 1 aromatic heterocycles. The lowest BCUT2D eigenvalue weighted by atomic mass is 9.83. The number of likely N-dealkylation sites (tertiary alicyclic amines) is 1. The highest BCUT2D eigenvalue weighted by Crippen LogP contribution is 2.40. The van der Waals surface area contributed by atoms with E-state index in [1.807, 2.05) is 41.6 Å². The van der Waals surface area contributed by atoms with E-state index in [2.05, 4.69) is 10.3 Å². The van der Waals surface area contributed by atoms with Crippen molar-refractivity contribution >= 4 is 32.7 Å². The van der Waals surface area contributed by atoms with Crippen molar-refractivity contribution in [3.63, 3.8) is 0 Å². The van der Waals surface area contributed by atoms with Gasteiger partial charge in [0.25, 0.3) is 0 Å². The number of β-amino-alcohol motifs (C(OH)–C–C–N with tert-alkyl or cyclic N) is 1. The predicted octanol–water partition coefficient (Wildman–Crippen LogP) is 0.681. The van der Waals surface area contributed by atoms with Gasteiger partial charge in [-0.05, 0) is 44.4 Å². The van der Waals surface area contributed by atoms with Crippen LogP contribution in [0.25, 0.3) is 11.0 Å². The van der Waals surface area contributed by atoms with Crippen molar-refractivity contribution in [2.45, 2.75) is 37.8 Å². The first-order chi connectivity index (χ1) is 14.1. The number of aliphatic hydroxyl groups excluding tert-OH is 1. The van der Waals surface area contributed by atoms with Crippen molar-refractivity contribution in [2.75, 3.05) is 37.8 Å². The summed E-state index contributed by atoms with van der Waals surface area (Å²) in [6, 6.07) is 5.63. The Morgan fingerprint density at radius 2 is 2.10 bits per heavy atom. The van der Waals surface area contributed by atoms with Gasteiger partial charge in [0, 0.05) is 32.4 Å². The molecule has 164 valence electrons. The second-order valence-corrected chi connectivity index (χ2v) is 10.4. The number of aromatic nitrogens is 2. The molecular weight excluding hydrogens is 406 g/mol. The summed E-state index contributed by atoms with van der Waals surface area (Å²) in [5.41, 5.74) is 1.77. The Morgan fingerprint density at radius 3 is 2.80 bits per heavy atom. The highest BCUT2D eigenvalue weighted by Gasteiger charge is 2.52. The zero-order valence-electron chi connectivity index (χ0n) is 17.6. The van der Waals surface area contributed by atoms with E-state index in [9.17, 15) is 18.3 Å². The predicted molar refractivity (Wildman–Crippen MR) is 115 cm³/mol. The quantitative estimate of drug-likeness (QED) is 0.731. The molecule has 2 fully saturated rings. The molecule has 2 aliphatic heterocycles. The summed E-state index contributed by atoms with van der Waals surface area (Å²) in [5.74, 6) is 0.733. The molecule has 2 aliphatic rings. The number of hydrogen-bond acceptors (Lipinski definition) is 6. The van der Waals surface area contributed by atoms with Crippen LogP contribution < -0.4 is 5.32 Å². The molecule has 0 aliphatic carbocycles. The molecule has 1 amide bonds. The highest BCUT2D eigenvalue weighted by molar-refractivity contribution is 7.88. The maximum atomic E-state index is 12.6. The third-order valence-electron chi connectivity index (χ3n) is 6.54. The van der Waals surface area contributed by atoms with E-state index < -0.39 is 21.7 Å². The van der Waals surface area contributed by atoms with E-state index in [0.717, 1.165) is 23.3 Å². The van der Waals surface area contributed by atoms with E-state index >= 15 is 0 Å². The number of imidazole rings is 1. The second kappa shape index (κ2) is 7.60. The molecule has 30 heavy (non-hydrogen) atoms. The van der Waals surface area contributed by atoms with Crippen molar-refractivity contribution in [1.82, 2.24) is 18.8 Å². The van der Waals surface area contributed by atoms with Crippen LogP contribution in [0, 0.1) is 6.92 Å². The van der Waals surface area contributed by atoms with E-state index in [0.29, 0.717) is 31.6 Å². The molecule has 9 nitrogen and oxygen atoms in total. The Kier molecular flexibility index (Phi) is 5.38. The monoisotopic (exact) mass is 435 g/mol. The van der Waals surface area contributed by atoms with Gasteiger partial charge < -0.3 is 15.0 Å². The zero-order valence-corrected chi connectivity index (χ0v) is 18.4. The molecule has 0 bridgehead atoms. The van der Waals surface area contributed by atoms with Crippen LogP contribution in [0.15, 0.2) is 18.2 Å². The molecule has 2 saturated heterocycles. The largest absolute Gasteiger partial charge is 0.390 e. The van der Waals surface area contributed by atoms with Crippen molar-refractivity contribution < 1.29 is 18.3 Å². The van der Waals surface area contributed by atoms with Gasteiger partial charge in [-0.15, -0.1) is 0 Å². The van der Waals surface area contributed by atoms with Crippen LogP contribution in [0.4, 0.5) is 5.69 Å². The normalized spacial score (nSPS) is 25.9. The molecular formula is C20H29N5O4S. The number of anilines is 1. The average molecular weight is 436 g/mol. The van der Waals surface area contributed by atoms with Crippen LogP contribution in [0.5, 0.6) is 0 Å². The van der Waals surface area contributed by atoms with E-state index in [-0.39, 0.29) is 19.0 Å². The van der Waals surface area contributed by atoms with Gasteiger partial charge in [-0.2, -0.15) is 4.31 Å². The SMILES string of the molecule is Cc1nc2cc(NC(=O)CN3CC[C@@]4(CCCN4S(C)(=O)=O)[C@@H](O)C3)ccc2n1C. The minimum absolute atomic E-state index is 0.144. The Morgan fingerprint density at radius 1 is 1.33 bits per heavy atom. The molecule has 3 heterocycles. The Hall–Kier alpha value is -2.01. The number of fused-ring (bicyclic) bond motifs is 1. The highest BCUT2D eigenvalue weighted by atomic mass is 32.2. The zero-order chi connectivity index (χ0) is 21.7. The summed E-state index contributed by atoms with van der Waals surface area (Å²) in [6.07, 6.45) is 2.31. The van der Waals surface area contributed by atoms with Gasteiger partial charge in [0.1, 0.15) is 5.82 Å². The number of aliphatic hydroxyl groups is 1. The average Bonchev–Trinajstić information content (AvgIpc) is 3.21. The number of sulfonamides is 1. The number of aryl methyl sites for hydroxylation is 2. The van der Waals surface area contributed by atoms with Crippen molar-refractivity contribution in [1.29, 1.82) is 0 Å². The topological polar surface area (TPSA) is 108 Å². The van der Waals surface area contributed by atoms with Gasteiger partial charge in [0.15, 0.2) is 0 Å². The summed E-state index contributed by atoms with van der Waals surface area (Å²) < 4.78 is 27.8. The number of piperidine rings is 1. The van der Waals surface area contributed by atoms with Crippen LogP contribution in [0.1, 0.15) is 25.1 Å². The Labute approximate surface area is 176 Å². The maximum absolute atomic E-state index is 12.6. The van der Waals surface area contributed by atoms with Gasteiger partial charge in [-0.3, -0.25) is 9.69 Å². The molecule has 1 aromatic carbocycles. The van der Waals surface area contributed by atoms with Crippen LogP contribution in [-0.4, -0.2) is 82.3 Å². The molecule has 2 aromatic rings. The summed E-state index contributed by atoms with van der Waals surface area (Å²) in [4.78, 5) is 18.9. The van der Waals surface area contributed by atoms with Gasteiger partial charge in [-0.25, -0.2) is 13.4 Å². The van der Waals surface area contributed by atoms with E-state index in [4.69, 9.17) is 0 Å². The molecule has 0 saturated carbocycles.